The Hall–Kier alpha value is -1.31. The molecule has 1 saturated carbocycles. The van der Waals surface area contributed by atoms with Crippen LogP contribution in [-0.4, -0.2) is 30.6 Å². The maximum absolute atomic E-state index is 12.4. The fourth-order valence-corrected chi connectivity index (χ4v) is 2.59. The molecule has 2 N–H and O–H groups in total. The molecule has 0 spiro atoms. The number of alkyl halides is 3. The second kappa shape index (κ2) is 6.43. The molecule has 1 heterocycles. The van der Waals surface area contributed by atoms with Crippen molar-refractivity contribution in [3.63, 3.8) is 0 Å². The zero-order chi connectivity index (χ0) is 14.6. The van der Waals surface area contributed by atoms with Crippen LogP contribution in [0, 0.1) is 0 Å². The molecule has 112 valence electrons. The zero-order valence-electron chi connectivity index (χ0n) is 11.1. The van der Waals surface area contributed by atoms with E-state index in [1.165, 1.54) is 6.42 Å². The predicted octanol–water partition coefficient (Wildman–Crippen LogP) is 2.42. The van der Waals surface area contributed by atoms with Gasteiger partial charge < -0.3 is 10.6 Å². The number of nitrogens with one attached hydrogen (secondary N) is 2. The fraction of sp³-hybridized carbons (Fsp3) is 0.667. The van der Waals surface area contributed by atoms with Crippen LogP contribution in [0.5, 0.6) is 0 Å². The summed E-state index contributed by atoms with van der Waals surface area (Å²) in [5.74, 6) is 0.697. The van der Waals surface area contributed by atoms with Crippen LogP contribution in [0.15, 0.2) is 10.4 Å². The van der Waals surface area contributed by atoms with Crippen LogP contribution in [0.4, 0.5) is 13.2 Å². The van der Waals surface area contributed by atoms with Gasteiger partial charge in [-0.05, 0) is 19.3 Å². The molecule has 8 heteroatoms. The summed E-state index contributed by atoms with van der Waals surface area (Å²) in [5.41, 5.74) is -0.811. The van der Waals surface area contributed by atoms with Crippen LogP contribution in [0.3, 0.4) is 0 Å². The lowest BCUT2D eigenvalue weighted by Crippen LogP contribution is -2.46. The molecule has 0 unspecified atom stereocenters. The molecule has 1 aliphatic carbocycles. The molecule has 0 amide bonds. The third-order valence-electron chi connectivity index (χ3n) is 3.14. The van der Waals surface area contributed by atoms with Crippen molar-refractivity contribution in [1.82, 2.24) is 15.6 Å². The van der Waals surface area contributed by atoms with Gasteiger partial charge in [0.2, 0.25) is 0 Å². The topological polar surface area (TPSA) is 49.3 Å². The first kappa shape index (κ1) is 15.1. The quantitative estimate of drug-likeness (QED) is 0.663. The van der Waals surface area contributed by atoms with E-state index in [0.717, 1.165) is 29.6 Å². The fourth-order valence-electron chi connectivity index (χ4n) is 1.78. The summed E-state index contributed by atoms with van der Waals surface area (Å²) in [4.78, 5) is 7.67. The average Bonchev–Trinajstić information content (AvgIpc) is 2.79. The van der Waals surface area contributed by atoms with E-state index >= 15 is 0 Å². The molecule has 2 rings (SSSR count). The largest absolute Gasteiger partial charge is 0.434 e. The molecule has 0 saturated heterocycles. The van der Waals surface area contributed by atoms with Crippen molar-refractivity contribution in [3.05, 3.63) is 16.1 Å². The maximum atomic E-state index is 12.4. The summed E-state index contributed by atoms with van der Waals surface area (Å²) in [6, 6.07) is 0.470. The normalized spacial score (nSPS) is 16.9. The van der Waals surface area contributed by atoms with E-state index in [4.69, 9.17) is 0 Å². The number of hydrogen-bond donors (Lipinski definition) is 2. The van der Waals surface area contributed by atoms with Gasteiger partial charge in [0.25, 0.3) is 0 Å². The van der Waals surface area contributed by atoms with Gasteiger partial charge in [-0.15, -0.1) is 11.3 Å². The molecular formula is C12H17F3N4S. The van der Waals surface area contributed by atoms with Crippen LogP contribution < -0.4 is 10.6 Å². The minimum Gasteiger partial charge on any atom is -0.356 e. The molecule has 0 bridgehead atoms. The lowest BCUT2D eigenvalue weighted by molar-refractivity contribution is -0.140. The van der Waals surface area contributed by atoms with Crippen molar-refractivity contribution < 1.29 is 13.2 Å². The maximum Gasteiger partial charge on any atom is 0.434 e. The smallest absolute Gasteiger partial charge is 0.356 e. The summed E-state index contributed by atoms with van der Waals surface area (Å²) >= 11 is 1.03. The zero-order valence-corrected chi connectivity index (χ0v) is 11.9. The van der Waals surface area contributed by atoms with Crippen molar-refractivity contribution in [2.24, 2.45) is 4.99 Å². The number of nitrogens with zero attached hydrogens (tertiary/aromatic N) is 2. The summed E-state index contributed by atoms with van der Waals surface area (Å²) in [7, 11) is 1.68. The van der Waals surface area contributed by atoms with Crippen molar-refractivity contribution in [1.29, 1.82) is 0 Å². The Morgan fingerprint density at radius 3 is 2.75 bits per heavy atom. The first-order valence-electron chi connectivity index (χ1n) is 6.48. The molecule has 0 aliphatic heterocycles. The average molecular weight is 306 g/mol. The van der Waals surface area contributed by atoms with E-state index < -0.39 is 11.9 Å². The Morgan fingerprint density at radius 2 is 2.25 bits per heavy atom. The highest BCUT2D eigenvalue weighted by atomic mass is 32.1. The SMILES string of the molecule is CN=C(NCCc1nc(C(F)(F)F)cs1)NC1CCC1. The number of rotatable bonds is 4. The van der Waals surface area contributed by atoms with Crippen LogP contribution >= 0.6 is 11.3 Å². The predicted molar refractivity (Wildman–Crippen MR) is 73.0 cm³/mol. The minimum atomic E-state index is -4.36. The van der Waals surface area contributed by atoms with Gasteiger partial charge in [0, 0.05) is 31.4 Å². The summed E-state index contributed by atoms with van der Waals surface area (Å²) < 4.78 is 37.2. The van der Waals surface area contributed by atoms with Crippen molar-refractivity contribution in [3.8, 4) is 0 Å². The van der Waals surface area contributed by atoms with Crippen molar-refractivity contribution in [2.45, 2.75) is 37.9 Å². The van der Waals surface area contributed by atoms with Crippen molar-refractivity contribution in [2.75, 3.05) is 13.6 Å². The lowest BCUT2D eigenvalue weighted by Gasteiger charge is -2.28. The van der Waals surface area contributed by atoms with Gasteiger partial charge >= 0.3 is 6.18 Å². The molecule has 0 atom stereocenters. The number of hydrogen-bond acceptors (Lipinski definition) is 3. The molecule has 0 aromatic carbocycles. The van der Waals surface area contributed by atoms with E-state index in [1.807, 2.05) is 0 Å². The monoisotopic (exact) mass is 306 g/mol. The first-order valence-corrected chi connectivity index (χ1v) is 7.36. The van der Waals surface area contributed by atoms with Gasteiger partial charge in [0.1, 0.15) is 0 Å². The van der Waals surface area contributed by atoms with E-state index in [2.05, 4.69) is 20.6 Å². The minimum absolute atomic E-state index is 0.451. The Kier molecular flexibility index (Phi) is 4.85. The summed E-state index contributed by atoms with van der Waals surface area (Å²) in [6.45, 7) is 0.511. The molecule has 4 nitrogen and oxygen atoms in total. The molecular weight excluding hydrogens is 289 g/mol. The number of guanidine groups is 1. The van der Waals surface area contributed by atoms with E-state index in [-0.39, 0.29) is 0 Å². The van der Waals surface area contributed by atoms with Gasteiger partial charge in [-0.25, -0.2) is 4.98 Å². The van der Waals surface area contributed by atoms with Gasteiger partial charge in [0.05, 0.1) is 5.01 Å². The Labute approximate surface area is 119 Å². The second-order valence-electron chi connectivity index (χ2n) is 4.65. The third-order valence-corrected chi connectivity index (χ3v) is 4.05. The molecule has 0 radical (unpaired) electrons. The summed E-state index contributed by atoms with van der Waals surface area (Å²) in [6.07, 6.45) is -0.394. The number of aromatic nitrogens is 1. The number of thiazole rings is 1. The van der Waals surface area contributed by atoms with Gasteiger partial charge in [0.15, 0.2) is 11.7 Å². The highest BCUT2D eigenvalue weighted by Gasteiger charge is 2.33. The molecule has 1 aliphatic rings. The van der Waals surface area contributed by atoms with Crippen LogP contribution in [0.25, 0.3) is 0 Å². The summed E-state index contributed by atoms with van der Waals surface area (Å²) in [5, 5.41) is 7.88. The molecule has 1 fully saturated rings. The van der Waals surface area contributed by atoms with Crippen LogP contribution in [-0.2, 0) is 12.6 Å². The highest BCUT2D eigenvalue weighted by Crippen LogP contribution is 2.29. The van der Waals surface area contributed by atoms with Crippen molar-refractivity contribution >= 4 is 17.3 Å². The Balaban J connectivity index is 1.75. The van der Waals surface area contributed by atoms with Crippen LogP contribution in [0.1, 0.15) is 30.0 Å². The van der Waals surface area contributed by atoms with Gasteiger partial charge in [-0.3, -0.25) is 4.99 Å². The first-order chi connectivity index (χ1) is 9.49. The number of aliphatic imine (C=N–C) groups is 1. The molecule has 20 heavy (non-hydrogen) atoms. The standard InChI is InChI=1S/C12H17F3N4S/c1-16-11(18-8-3-2-4-8)17-6-5-10-19-9(7-20-10)12(13,14)15/h7-8H,2-6H2,1H3,(H2,16,17,18). The lowest BCUT2D eigenvalue weighted by atomic mass is 9.93. The van der Waals surface area contributed by atoms with E-state index in [9.17, 15) is 13.2 Å². The Bertz CT molecular complexity index is 466. The van der Waals surface area contributed by atoms with Gasteiger partial charge in [-0.2, -0.15) is 13.2 Å². The molecule has 1 aromatic heterocycles. The Morgan fingerprint density at radius 1 is 1.50 bits per heavy atom. The van der Waals surface area contributed by atoms with Gasteiger partial charge in [-0.1, -0.05) is 0 Å². The van der Waals surface area contributed by atoms with E-state index in [1.54, 1.807) is 7.05 Å². The highest BCUT2D eigenvalue weighted by molar-refractivity contribution is 7.09. The third kappa shape index (κ3) is 4.09. The second-order valence-corrected chi connectivity index (χ2v) is 5.59. The van der Waals surface area contributed by atoms with Crippen LogP contribution in [0.2, 0.25) is 0 Å². The molecule has 1 aromatic rings. The van der Waals surface area contributed by atoms with E-state index in [0.29, 0.717) is 30.0 Å². The number of halogens is 3.